The minimum atomic E-state index is -3.23. The number of carbonyl (C=O) groups is 1. The largest absolute Gasteiger partial charge is 0.302 e. The molecule has 0 spiro atoms. The molecule has 1 aromatic heterocycles. The molecule has 0 aliphatic rings. The van der Waals surface area contributed by atoms with E-state index in [1.165, 1.54) is 23.5 Å². The minimum Gasteiger partial charge on any atom is -0.302 e. The van der Waals surface area contributed by atoms with Crippen LogP contribution in [0, 0.1) is 13.8 Å². The van der Waals surface area contributed by atoms with Gasteiger partial charge in [0.2, 0.25) is 5.91 Å². The number of sulfone groups is 1. The molecule has 0 saturated carbocycles. The van der Waals surface area contributed by atoms with E-state index in [1.54, 1.807) is 12.1 Å². The van der Waals surface area contributed by atoms with Crippen LogP contribution in [0.4, 0.5) is 5.13 Å². The summed E-state index contributed by atoms with van der Waals surface area (Å²) in [6, 6.07) is 10.4. The van der Waals surface area contributed by atoms with Gasteiger partial charge in [0.15, 0.2) is 15.0 Å². The number of amides is 1. The number of thiazole rings is 1. The van der Waals surface area contributed by atoms with Gasteiger partial charge in [0.1, 0.15) is 0 Å². The molecule has 3 rings (SSSR count). The number of benzene rings is 2. The summed E-state index contributed by atoms with van der Waals surface area (Å²) in [5, 5.41) is 3.39. The Kier molecular flexibility index (Phi) is 4.62. The zero-order valence-electron chi connectivity index (χ0n) is 14.2. The topological polar surface area (TPSA) is 76.1 Å². The molecule has 1 amide bonds. The van der Waals surface area contributed by atoms with Crippen LogP contribution in [0.25, 0.3) is 10.2 Å². The summed E-state index contributed by atoms with van der Waals surface area (Å²) in [7, 11) is -3.23. The molecule has 0 aliphatic carbocycles. The average molecular weight is 374 g/mol. The summed E-state index contributed by atoms with van der Waals surface area (Å²) in [4.78, 5) is 16.9. The van der Waals surface area contributed by atoms with Gasteiger partial charge in [-0.3, -0.25) is 4.79 Å². The summed E-state index contributed by atoms with van der Waals surface area (Å²) in [5.41, 5.74) is 3.91. The molecule has 0 saturated heterocycles. The van der Waals surface area contributed by atoms with Gasteiger partial charge in [0.25, 0.3) is 0 Å². The van der Waals surface area contributed by atoms with Crippen molar-refractivity contribution >= 4 is 42.4 Å². The first-order valence-electron chi connectivity index (χ1n) is 7.69. The van der Waals surface area contributed by atoms with Crippen molar-refractivity contribution in [3.05, 3.63) is 53.1 Å². The van der Waals surface area contributed by atoms with Crippen LogP contribution >= 0.6 is 11.3 Å². The quantitative estimate of drug-likeness (QED) is 0.758. The highest BCUT2D eigenvalue weighted by molar-refractivity contribution is 7.90. The van der Waals surface area contributed by atoms with Crippen molar-refractivity contribution in [2.24, 2.45) is 0 Å². The Balaban J connectivity index is 1.73. The van der Waals surface area contributed by atoms with Gasteiger partial charge in [-0.1, -0.05) is 29.5 Å². The van der Waals surface area contributed by atoms with Crippen LogP contribution in [0.3, 0.4) is 0 Å². The molecule has 0 aliphatic heterocycles. The van der Waals surface area contributed by atoms with E-state index >= 15 is 0 Å². The Morgan fingerprint density at radius 2 is 1.84 bits per heavy atom. The smallest absolute Gasteiger partial charge is 0.230 e. The van der Waals surface area contributed by atoms with E-state index < -0.39 is 9.84 Å². The predicted octanol–water partition coefficient (Wildman–Crippen LogP) is 3.50. The first kappa shape index (κ1) is 17.6. The maximum Gasteiger partial charge on any atom is 0.230 e. The first-order valence-corrected chi connectivity index (χ1v) is 10.4. The number of hydrogen-bond acceptors (Lipinski definition) is 5. The van der Waals surface area contributed by atoms with Gasteiger partial charge in [-0.05, 0) is 48.7 Å². The van der Waals surface area contributed by atoms with E-state index in [2.05, 4.69) is 16.4 Å². The van der Waals surface area contributed by atoms with Crippen LogP contribution in [0.2, 0.25) is 0 Å². The molecular weight excluding hydrogens is 356 g/mol. The molecule has 0 bridgehead atoms. The van der Waals surface area contributed by atoms with E-state index in [-0.39, 0.29) is 17.2 Å². The third-order valence-electron chi connectivity index (χ3n) is 3.78. The van der Waals surface area contributed by atoms with E-state index in [9.17, 15) is 13.2 Å². The van der Waals surface area contributed by atoms with Gasteiger partial charge in [0, 0.05) is 6.26 Å². The zero-order chi connectivity index (χ0) is 18.2. The van der Waals surface area contributed by atoms with Crippen molar-refractivity contribution in [1.82, 2.24) is 4.98 Å². The number of aryl methyl sites for hydroxylation is 2. The third-order valence-corrected chi connectivity index (χ3v) is 6.03. The number of fused-ring (bicyclic) bond motifs is 1. The summed E-state index contributed by atoms with van der Waals surface area (Å²) < 4.78 is 24.0. The van der Waals surface area contributed by atoms with Crippen molar-refractivity contribution < 1.29 is 13.2 Å². The van der Waals surface area contributed by atoms with Crippen LogP contribution in [-0.2, 0) is 21.1 Å². The highest BCUT2D eigenvalue weighted by atomic mass is 32.2. The van der Waals surface area contributed by atoms with E-state index in [4.69, 9.17) is 0 Å². The average Bonchev–Trinajstić information content (AvgIpc) is 2.89. The Hall–Kier alpha value is -2.25. The number of anilines is 1. The molecule has 130 valence electrons. The van der Waals surface area contributed by atoms with Gasteiger partial charge in [-0.15, -0.1) is 0 Å². The lowest BCUT2D eigenvalue weighted by Gasteiger charge is -2.03. The highest BCUT2D eigenvalue weighted by Crippen LogP contribution is 2.29. The Morgan fingerprint density at radius 3 is 2.48 bits per heavy atom. The summed E-state index contributed by atoms with van der Waals surface area (Å²) in [6.07, 6.45) is 1.32. The predicted molar refractivity (Wildman–Crippen MR) is 101 cm³/mol. The lowest BCUT2D eigenvalue weighted by Crippen LogP contribution is -2.14. The maximum absolute atomic E-state index is 12.2. The lowest BCUT2D eigenvalue weighted by molar-refractivity contribution is -0.115. The van der Waals surface area contributed by atoms with Gasteiger partial charge in [0.05, 0.1) is 21.5 Å². The molecule has 1 N–H and O–H groups in total. The Bertz CT molecular complexity index is 1050. The van der Waals surface area contributed by atoms with Gasteiger partial charge in [-0.2, -0.15) is 0 Å². The van der Waals surface area contributed by atoms with Crippen molar-refractivity contribution in [3.8, 4) is 0 Å². The molecular formula is C18H18N2O3S2. The fourth-order valence-electron chi connectivity index (χ4n) is 2.63. The van der Waals surface area contributed by atoms with Crippen molar-refractivity contribution in [2.45, 2.75) is 25.2 Å². The standard InChI is InChI=1S/C18H18N2O3S2/c1-11-8-12(2)17-15(9-11)19-18(24-17)20-16(21)10-13-4-6-14(7-5-13)25(3,22)23/h4-9H,10H2,1-3H3,(H,19,20,21). The zero-order valence-corrected chi connectivity index (χ0v) is 15.8. The lowest BCUT2D eigenvalue weighted by atomic mass is 10.1. The summed E-state index contributed by atoms with van der Waals surface area (Å²) >= 11 is 1.45. The second-order valence-electron chi connectivity index (χ2n) is 6.09. The number of nitrogens with one attached hydrogen (secondary N) is 1. The molecule has 5 nitrogen and oxygen atoms in total. The maximum atomic E-state index is 12.2. The Morgan fingerprint density at radius 1 is 1.16 bits per heavy atom. The monoisotopic (exact) mass is 374 g/mol. The van der Waals surface area contributed by atoms with Crippen molar-refractivity contribution in [2.75, 3.05) is 11.6 Å². The van der Waals surface area contributed by atoms with Crippen molar-refractivity contribution in [3.63, 3.8) is 0 Å². The number of carbonyl (C=O) groups excluding carboxylic acids is 1. The molecule has 0 unspecified atom stereocenters. The van der Waals surface area contributed by atoms with Crippen LogP contribution in [0.15, 0.2) is 41.3 Å². The molecule has 7 heteroatoms. The number of rotatable bonds is 4. The normalized spacial score (nSPS) is 11.6. The molecule has 1 heterocycles. The molecule has 25 heavy (non-hydrogen) atoms. The first-order chi connectivity index (χ1) is 11.7. The third kappa shape index (κ3) is 4.05. The van der Waals surface area contributed by atoms with Gasteiger partial charge >= 0.3 is 0 Å². The fourth-order valence-corrected chi connectivity index (χ4v) is 4.20. The summed E-state index contributed by atoms with van der Waals surface area (Å²) in [6.45, 7) is 4.05. The molecule has 0 fully saturated rings. The van der Waals surface area contributed by atoms with Crippen LogP contribution in [0.1, 0.15) is 16.7 Å². The van der Waals surface area contributed by atoms with E-state index in [0.29, 0.717) is 5.13 Å². The highest BCUT2D eigenvalue weighted by Gasteiger charge is 2.11. The van der Waals surface area contributed by atoms with Gasteiger partial charge in [-0.25, -0.2) is 13.4 Å². The van der Waals surface area contributed by atoms with E-state index in [0.717, 1.165) is 33.2 Å². The summed E-state index contributed by atoms with van der Waals surface area (Å²) in [5.74, 6) is -0.180. The number of nitrogens with zero attached hydrogens (tertiary/aromatic N) is 1. The molecule has 0 radical (unpaired) electrons. The molecule has 2 aromatic carbocycles. The fraction of sp³-hybridized carbons (Fsp3) is 0.222. The minimum absolute atomic E-state index is 0.165. The van der Waals surface area contributed by atoms with Gasteiger partial charge < -0.3 is 5.32 Å². The Labute approximate surface area is 150 Å². The second-order valence-corrected chi connectivity index (χ2v) is 9.10. The number of aromatic nitrogens is 1. The number of hydrogen-bond donors (Lipinski definition) is 1. The van der Waals surface area contributed by atoms with E-state index in [1.807, 2.05) is 19.9 Å². The van der Waals surface area contributed by atoms with Crippen LogP contribution in [0.5, 0.6) is 0 Å². The molecule has 3 aromatic rings. The molecule has 0 atom stereocenters. The van der Waals surface area contributed by atoms with Crippen LogP contribution in [-0.4, -0.2) is 25.6 Å². The van der Waals surface area contributed by atoms with Crippen LogP contribution < -0.4 is 5.32 Å². The second kappa shape index (κ2) is 6.57. The van der Waals surface area contributed by atoms with Crippen molar-refractivity contribution in [1.29, 1.82) is 0 Å². The SMILES string of the molecule is Cc1cc(C)c2sc(NC(=O)Cc3ccc(S(C)(=O)=O)cc3)nc2c1.